The molecule has 1 unspecified atom stereocenters. The van der Waals surface area contributed by atoms with Crippen molar-refractivity contribution in [1.82, 2.24) is 0 Å². The number of benzene rings is 1. The summed E-state index contributed by atoms with van der Waals surface area (Å²) in [5.41, 5.74) is 6.78. The predicted molar refractivity (Wildman–Crippen MR) is 175 cm³/mol. The molecule has 0 bridgehead atoms. The van der Waals surface area contributed by atoms with Crippen molar-refractivity contribution in [1.29, 1.82) is 0 Å². The maximum atomic E-state index is 6.31. The molecule has 0 saturated heterocycles. The molecule has 210 valence electrons. The van der Waals surface area contributed by atoms with Gasteiger partial charge in [-0.15, -0.1) is 0 Å². The van der Waals surface area contributed by atoms with Crippen LogP contribution in [0.3, 0.4) is 0 Å². The van der Waals surface area contributed by atoms with E-state index in [0.717, 1.165) is 72.0 Å². The first kappa shape index (κ1) is 32.5. The molecule has 1 aromatic rings. The maximum Gasteiger partial charge on any atom is 0.235 e. The van der Waals surface area contributed by atoms with Crippen LogP contribution in [0.2, 0.25) is 0 Å². The normalized spacial score (nSPS) is 15.0. The SMILES string of the molecule is C=C(/C=C\C=C/C)CCC(=C)P/C(=N\C)C1=C(OCl)N(c2c(CC)cccc2CC)C(CCC(C)C)=NC1=C. The second kappa shape index (κ2) is 16.4. The van der Waals surface area contributed by atoms with Gasteiger partial charge in [-0.3, -0.25) is 9.89 Å². The Morgan fingerprint density at radius 2 is 1.82 bits per heavy atom. The summed E-state index contributed by atoms with van der Waals surface area (Å²) in [5.74, 6) is 1.94. The van der Waals surface area contributed by atoms with Crippen molar-refractivity contribution in [2.45, 2.75) is 73.1 Å². The molecule has 0 radical (unpaired) electrons. The number of aliphatic imine (C=N–C) groups is 2. The van der Waals surface area contributed by atoms with Crippen molar-refractivity contribution in [3.63, 3.8) is 0 Å². The molecule has 0 saturated carbocycles. The first-order chi connectivity index (χ1) is 18.7. The van der Waals surface area contributed by atoms with Gasteiger partial charge in [0.05, 0.1) is 22.4 Å². The van der Waals surface area contributed by atoms with Crippen LogP contribution in [0.25, 0.3) is 0 Å². The Hall–Kier alpha value is -2.68. The highest BCUT2D eigenvalue weighted by Gasteiger charge is 2.34. The molecule has 0 fully saturated rings. The summed E-state index contributed by atoms with van der Waals surface area (Å²) < 4.78 is 5.70. The Morgan fingerprint density at radius 3 is 2.36 bits per heavy atom. The summed E-state index contributed by atoms with van der Waals surface area (Å²) in [6.45, 7) is 23.6. The molecule has 6 heteroatoms. The number of allylic oxidation sites excluding steroid dienone is 7. The maximum absolute atomic E-state index is 6.31. The van der Waals surface area contributed by atoms with E-state index in [0.29, 0.717) is 17.5 Å². The second-order valence-electron chi connectivity index (χ2n) is 9.98. The van der Waals surface area contributed by atoms with Crippen molar-refractivity contribution >= 4 is 37.4 Å². The molecule has 0 spiro atoms. The first-order valence-electron chi connectivity index (χ1n) is 13.8. The minimum atomic E-state index is 0.259. The molecule has 39 heavy (non-hydrogen) atoms. The highest BCUT2D eigenvalue weighted by molar-refractivity contribution is 7.63. The average molecular weight is 566 g/mol. The van der Waals surface area contributed by atoms with Gasteiger partial charge in [0, 0.05) is 13.5 Å². The van der Waals surface area contributed by atoms with Gasteiger partial charge in [-0.1, -0.05) is 95.5 Å². The van der Waals surface area contributed by atoms with E-state index >= 15 is 0 Å². The lowest BCUT2D eigenvalue weighted by atomic mass is 9.99. The molecule has 4 nitrogen and oxygen atoms in total. The van der Waals surface area contributed by atoms with E-state index in [1.165, 1.54) is 11.1 Å². The van der Waals surface area contributed by atoms with Crippen molar-refractivity contribution in [2.75, 3.05) is 11.9 Å². The van der Waals surface area contributed by atoms with E-state index in [2.05, 4.69) is 75.5 Å². The number of hydrogen-bond acceptors (Lipinski definition) is 4. The van der Waals surface area contributed by atoms with Crippen LogP contribution >= 0.6 is 20.4 Å². The number of aryl methyl sites for hydroxylation is 2. The van der Waals surface area contributed by atoms with E-state index in [9.17, 15) is 0 Å². The van der Waals surface area contributed by atoms with E-state index in [4.69, 9.17) is 21.1 Å². The fourth-order valence-corrected chi connectivity index (χ4v) is 5.62. The van der Waals surface area contributed by atoms with Gasteiger partial charge in [-0.05, 0) is 70.0 Å². The molecule has 0 amide bonds. The van der Waals surface area contributed by atoms with Crippen LogP contribution in [0.5, 0.6) is 0 Å². The van der Waals surface area contributed by atoms with Crippen molar-refractivity contribution in [2.24, 2.45) is 15.9 Å². The molecule has 2 rings (SSSR count). The largest absolute Gasteiger partial charge is 0.365 e. The van der Waals surface area contributed by atoms with Crippen LogP contribution in [0.15, 0.2) is 100 Å². The highest BCUT2D eigenvalue weighted by Crippen LogP contribution is 2.42. The van der Waals surface area contributed by atoms with Gasteiger partial charge in [0.1, 0.15) is 17.7 Å². The van der Waals surface area contributed by atoms with Crippen molar-refractivity contribution in [3.05, 3.63) is 101 Å². The molecular weight excluding hydrogens is 521 g/mol. The second-order valence-corrected chi connectivity index (χ2v) is 11.6. The van der Waals surface area contributed by atoms with E-state index in [1.54, 1.807) is 7.05 Å². The van der Waals surface area contributed by atoms with Gasteiger partial charge < -0.3 is 4.29 Å². The highest BCUT2D eigenvalue weighted by atomic mass is 35.5. The van der Waals surface area contributed by atoms with E-state index in [-0.39, 0.29) is 8.58 Å². The number of hydrogen-bond donors (Lipinski definition) is 0. The number of rotatable bonds is 15. The van der Waals surface area contributed by atoms with Gasteiger partial charge in [0.2, 0.25) is 5.88 Å². The Kier molecular flexibility index (Phi) is 13.7. The summed E-state index contributed by atoms with van der Waals surface area (Å²) in [6.07, 6.45) is 13.2. The minimum Gasteiger partial charge on any atom is -0.365 e. The van der Waals surface area contributed by atoms with Crippen LogP contribution in [0, 0.1) is 5.92 Å². The molecule has 1 heterocycles. The zero-order valence-corrected chi connectivity index (χ0v) is 26.4. The van der Waals surface area contributed by atoms with Crippen LogP contribution in [-0.2, 0) is 17.1 Å². The first-order valence-corrected chi connectivity index (χ1v) is 15.1. The average Bonchev–Trinajstić information content (AvgIpc) is 2.93. The minimum absolute atomic E-state index is 0.259. The summed E-state index contributed by atoms with van der Waals surface area (Å²) in [6, 6.07) is 6.45. The number of nitrogens with zero attached hydrogens (tertiary/aromatic N) is 3. The Morgan fingerprint density at radius 1 is 1.15 bits per heavy atom. The van der Waals surface area contributed by atoms with Crippen LogP contribution in [0.1, 0.15) is 71.4 Å². The van der Waals surface area contributed by atoms with Crippen LogP contribution in [0.4, 0.5) is 5.69 Å². The van der Waals surface area contributed by atoms with E-state index < -0.39 is 0 Å². The lowest BCUT2D eigenvalue weighted by Gasteiger charge is -2.35. The van der Waals surface area contributed by atoms with Crippen molar-refractivity contribution in [3.8, 4) is 0 Å². The van der Waals surface area contributed by atoms with Gasteiger partial charge in [-0.2, -0.15) is 0 Å². The third-order valence-corrected chi connectivity index (χ3v) is 8.03. The molecule has 1 aromatic carbocycles. The zero-order chi connectivity index (χ0) is 28.9. The van der Waals surface area contributed by atoms with Crippen molar-refractivity contribution < 1.29 is 4.29 Å². The Bertz CT molecular complexity index is 1180. The molecule has 1 aliphatic rings. The fraction of sp³-hybridized carbons (Fsp3) is 0.394. The molecule has 0 N–H and O–H groups in total. The number of amidine groups is 1. The Balaban J connectivity index is 2.53. The number of para-hydroxylation sites is 1. The topological polar surface area (TPSA) is 37.2 Å². The summed E-state index contributed by atoms with van der Waals surface area (Å²) >= 11 is 6.31. The lowest BCUT2D eigenvalue weighted by Crippen LogP contribution is -2.37. The standard InChI is InChI=1S/C33H45ClN3OP/c1-10-13-14-16-24(6)20-21-25(7)39-32(35-9)30-26(8)36-29(22-19-23(4)5)37(33(30)38-34)31-27(11-2)17-15-18-28(31)12-3/h10,13-18,23,39H,6-8,11-12,19-22H2,1-5,9H3/b13-10-,16-14-,35-32-. The molecule has 0 aliphatic carbocycles. The number of halogens is 1. The summed E-state index contributed by atoms with van der Waals surface area (Å²) in [7, 11) is 2.05. The number of anilines is 1. The third kappa shape index (κ3) is 8.92. The molecule has 1 atom stereocenters. The quantitative estimate of drug-likeness (QED) is 0.120. The van der Waals surface area contributed by atoms with Gasteiger partial charge in [0.25, 0.3) is 0 Å². The molecular formula is C33H45ClN3OP. The van der Waals surface area contributed by atoms with Crippen LogP contribution in [-0.4, -0.2) is 18.3 Å². The fourth-order valence-electron chi connectivity index (χ4n) is 4.40. The summed E-state index contributed by atoms with van der Waals surface area (Å²) in [5, 5.41) is 1.08. The Labute approximate surface area is 243 Å². The predicted octanol–water partition coefficient (Wildman–Crippen LogP) is 10.1. The monoisotopic (exact) mass is 565 g/mol. The van der Waals surface area contributed by atoms with Gasteiger partial charge in [0.15, 0.2) is 0 Å². The third-order valence-electron chi connectivity index (χ3n) is 6.57. The van der Waals surface area contributed by atoms with Gasteiger partial charge >= 0.3 is 0 Å². The van der Waals surface area contributed by atoms with Crippen LogP contribution < -0.4 is 4.90 Å². The van der Waals surface area contributed by atoms with Gasteiger partial charge in [-0.25, -0.2) is 4.99 Å². The lowest BCUT2D eigenvalue weighted by molar-refractivity contribution is 0.456. The molecule has 1 aliphatic heterocycles. The van der Waals surface area contributed by atoms with E-state index in [1.807, 2.05) is 31.2 Å². The smallest absolute Gasteiger partial charge is 0.235 e. The summed E-state index contributed by atoms with van der Waals surface area (Å²) in [4.78, 5) is 11.8. The molecule has 0 aromatic heterocycles. The zero-order valence-electron chi connectivity index (χ0n) is 24.6.